The quantitative estimate of drug-likeness (QED) is 0.841. The normalized spacial score (nSPS) is 18.7. The van der Waals surface area contributed by atoms with Crippen LogP contribution in [0.4, 0.5) is 5.69 Å². The molecule has 4 heteroatoms. The molecule has 2 aliphatic carbocycles. The van der Waals surface area contributed by atoms with E-state index in [1.807, 2.05) is 6.07 Å². The Labute approximate surface area is 122 Å². The standard InChI is InChI=1S/C14H17BrN2S/c15-10-3-6-13(12(7-10)14(16)18)17(11-4-5-11)8-9-1-2-9/h3,6-7,9,11H,1-2,4-5,8H2,(H2,16,18). The molecule has 1 aromatic carbocycles. The van der Waals surface area contributed by atoms with Crippen LogP contribution in [0.5, 0.6) is 0 Å². The van der Waals surface area contributed by atoms with Gasteiger partial charge >= 0.3 is 0 Å². The molecule has 18 heavy (non-hydrogen) atoms. The second kappa shape index (κ2) is 4.82. The van der Waals surface area contributed by atoms with Crippen molar-refractivity contribution in [2.24, 2.45) is 11.7 Å². The Kier molecular flexibility index (Phi) is 3.32. The molecule has 2 fully saturated rings. The van der Waals surface area contributed by atoms with Crippen LogP contribution < -0.4 is 10.6 Å². The molecule has 0 atom stereocenters. The highest BCUT2D eigenvalue weighted by atomic mass is 79.9. The van der Waals surface area contributed by atoms with Gasteiger partial charge in [-0.3, -0.25) is 0 Å². The second-order valence-corrected chi connectivity index (χ2v) is 6.71. The van der Waals surface area contributed by atoms with Crippen LogP contribution in [0.25, 0.3) is 0 Å². The Morgan fingerprint density at radius 3 is 2.61 bits per heavy atom. The largest absolute Gasteiger partial charge is 0.389 e. The van der Waals surface area contributed by atoms with Gasteiger partial charge in [0.2, 0.25) is 0 Å². The molecule has 0 amide bonds. The third-order valence-electron chi connectivity index (χ3n) is 3.67. The van der Waals surface area contributed by atoms with E-state index in [4.69, 9.17) is 18.0 Å². The number of hydrogen-bond acceptors (Lipinski definition) is 2. The number of benzene rings is 1. The minimum absolute atomic E-state index is 0.493. The van der Waals surface area contributed by atoms with Gasteiger partial charge in [0.1, 0.15) is 4.99 Å². The molecule has 0 radical (unpaired) electrons. The summed E-state index contributed by atoms with van der Waals surface area (Å²) in [6, 6.07) is 6.98. The first-order valence-corrected chi connectivity index (χ1v) is 7.71. The van der Waals surface area contributed by atoms with Crippen LogP contribution in [0.15, 0.2) is 22.7 Å². The first kappa shape index (κ1) is 12.4. The molecule has 1 aromatic rings. The zero-order valence-electron chi connectivity index (χ0n) is 10.2. The van der Waals surface area contributed by atoms with Crippen molar-refractivity contribution in [2.75, 3.05) is 11.4 Å². The fraction of sp³-hybridized carbons (Fsp3) is 0.500. The molecule has 2 nitrogen and oxygen atoms in total. The lowest BCUT2D eigenvalue weighted by Crippen LogP contribution is -2.30. The highest BCUT2D eigenvalue weighted by Gasteiger charge is 2.34. The monoisotopic (exact) mass is 324 g/mol. The molecule has 0 unspecified atom stereocenters. The lowest BCUT2D eigenvalue weighted by Gasteiger charge is -2.27. The fourth-order valence-corrected chi connectivity index (χ4v) is 2.89. The summed E-state index contributed by atoms with van der Waals surface area (Å²) in [5.74, 6) is 0.883. The number of thiocarbonyl (C=S) groups is 1. The Bertz CT molecular complexity index is 481. The molecule has 96 valence electrons. The van der Waals surface area contributed by atoms with Gasteiger partial charge in [0.05, 0.1) is 0 Å². The number of halogens is 1. The van der Waals surface area contributed by atoms with Crippen LogP contribution in [-0.2, 0) is 0 Å². The Hall–Kier alpha value is -0.610. The predicted molar refractivity (Wildman–Crippen MR) is 83.1 cm³/mol. The molecule has 0 spiro atoms. The van der Waals surface area contributed by atoms with Gasteiger partial charge in [0.25, 0.3) is 0 Å². The summed E-state index contributed by atoms with van der Waals surface area (Å²) in [7, 11) is 0. The third kappa shape index (κ3) is 2.69. The van der Waals surface area contributed by atoms with Crippen LogP contribution in [0.3, 0.4) is 0 Å². The summed E-state index contributed by atoms with van der Waals surface area (Å²) in [6.07, 6.45) is 5.36. The van der Waals surface area contributed by atoms with Crippen LogP contribution in [0, 0.1) is 5.92 Å². The number of nitrogens with zero attached hydrogens (tertiary/aromatic N) is 1. The second-order valence-electron chi connectivity index (χ2n) is 5.35. The van der Waals surface area contributed by atoms with E-state index in [0.717, 1.165) is 16.0 Å². The molecule has 0 bridgehead atoms. The Balaban J connectivity index is 1.93. The van der Waals surface area contributed by atoms with E-state index in [-0.39, 0.29) is 0 Å². The summed E-state index contributed by atoms with van der Waals surface area (Å²) >= 11 is 8.69. The average molecular weight is 325 g/mol. The molecule has 3 rings (SSSR count). The smallest absolute Gasteiger partial charge is 0.106 e. The molecule has 0 aliphatic heterocycles. The number of nitrogens with two attached hydrogens (primary N) is 1. The van der Waals surface area contributed by atoms with Gasteiger partial charge in [-0.2, -0.15) is 0 Å². The predicted octanol–water partition coefficient (Wildman–Crippen LogP) is 3.46. The molecule has 2 N–H and O–H groups in total. The highest BCUT2D eigenvalue weighted by Crippen LogP contribution is 2.39. The third-order valence-corrected chi connectivity index (χ3v) is 4.39. The maximum Gasteiger partial charge on any atom is 0.106 e. The van der Waals surface area contributed by atoms with Gasteiger partial charge in [-0.25, -0.2) is 0 Å². The van der Waals surface area contributed by atoms with E-state index >= 15 is 0 Å². The molecule has 2 aliphatic rings. The van der Waals surface area contributed by atoms with Crippen molar-refractivity contribution in [1.82, 2.24) is 0 Å². The lowest BCUT2D eigenvalue weighted by molar-refractivity contribution is 0.718. The van der Waals surface area contributed by atoms with Gasteiger partial charge in [-0.15, -0.1) is 0 Å². The van der Waals surface area contributed by atoms with Crippen molar-refractivity contribution in [3.05, 3.63) is 28.2 Å². The molecular formula is C14H17BrN2S. The zero-order chi connectivity index (χ0) is 12.7. The summed E-state index contributed by atoms with van der Waals surface area (Å²) in [4.78, 5) is 3.02. The number of rotatable bonds is 5. The summed E-state index contributed by atoms with van der Waals surface area (Å²) in [5.41, 5.74) is 8.10. The number of hydrogen-bond donors (Lipinski definition) is 1. The first-order chi connectivity index (χ1) is 8.65. The molecule has 0 saturated heterocycles. The van der Waals surface area contributed by atoms with Crippen LogP contribution in [0.1, 0.15) is 31.2 Å². The molecule has 2 saturated carbocycles. The van der Waals surface area contributed by atoms with Crippen molar-refractivity contribution in [3.63, 3.8) is 0 Å². The van der Waals surface area contributed by atoms with E-state index in [0.29, 0.717) is 11.0 Å². The van der Waals surface area contributed by atoms with E-state index in [2.05, 4.69) is 33.0 Å². The van der Waals surface area contributed by atoms with E-state index < -0.39 is 0 Å². The first-order valence-electron chi connectivity index (χ1n) is 6.51. The fourth-order valence-electron chi connectivity index (χ4n) is 2.36. The lowest BCUT2D eigenvalue weighted by atomic mass is 10.1. The van der Waals surface area contributed by atoms with Gasteiger partial charge in [0, 0.05) is 28.3 Å². The summed E-state index contributed by atoms with van der Waals surface area (Å²) in [6.45, 7) is 1.17. The van der Waals surface area contributed by atoms with Crippen LogP contribution in [-0.4, -0.2) is 17.6 Å². The Morgan fingerprint density at radius 2 is 2.06 bits per heavy atom. The SMILES string of the molecule is NC(=S)c1cc(Br)ccc1N(CC1CC1)C1CC1. The minimum Gasteiger partial charge on any atom is -0.389 e. The van der Waals surface area contributed by atoms with Gasteiger partial charge < -0.3 is 10.6 Å². The van der Waals surface area contributed by atoms with Crippen LogP contribution >= 0.6 is 28.1 Å². The van der Waals surface area contributed by atoms with Gasteiger partial charge in [-0.05, 0) is 49.8 Å². The average Bonchev–Trinajstić information content (AvgIpc) is 3.19. The van der Waals surface area contributed by atoms with Crippen molar-refractivity contribution >= 4 is 38.8 Å². The topological polar surface area (TPSA) is 29.3 Å². The van der Waals surface area contributed by atoms with Crippen molar-refractivity contribution in [1.29, 1.82) is 0 Å². The maximum absolute atomic E-state index is 5.87. The minimum atomic E-state index is 0.493. The number of anilines is 1. The molecular weight excluding hydrogens is 308 g/mol. The summed E-state index contributed by atoms with van der Waals surface area (Å²) < 4.78 is 1.04. The molecule has 0 aromatic heterocycles. The zero-order valence-corrected chi connectivity index (χ0v) is 12.6. The van der Waals surface area contributed by atoms with E-state index in [1.54, 1.807) is 0 Å². The van der Waals surface area contributed by atoms with Gasteiger partial charge in [-0.1, -0.05) is 28.1 Å². The van der Waals surface area contributed by atoms with Crippen LogP contribution in [0.2, 0.25) is 0 Å². The highest BCUT2D eigenvalue weighted by molar-refractivity contribution is 9.10. The maximum atomic E-state index is 5.87. The van der Waals surface area contributed by atoms with Crippen molar-refractivity contribution in [3.8, 4) is 0 Å². The van der Waals surface area contributed by atoms with Gasteiger partial charge in [0.15, 0.2) is 0 Å². The summed E-state index contributed by atoms with van der Waals surface area (Å²) in [5, 5.41) is 0. The Morgan fingerprint density at radius 1 is 1.33 bits per heavy atom. The van der Waals surface area contributed by atoms with E-state index in [1.165, 1.54) is 37.9 Å². The molecule has 0 heterocycles. The van der Waals surface area contributed by atoms with E-state index in [9.17, 15) is 0 Å². The van der Waals surface area contributed by atoms with Crippen molar-refractivity contribution in [2.45, 2.75) is 31.7 Å². The van der Waals surface area contributed by atoms with Crippen molar-refractivity contribution < 1.29 is 0 Å².